The smallest absolute Gasteiger partial charge is 0.291 e. The number of sulfonamides is 1. The van der Waals surface area contributed by atoms with Gasteiger partial charge >= 0.3 is 0 Å². The molecular weight excluding hydrogens is 332 g/mol. The molecule has 1 saturated heterocycles. The van der Waals surface area contributed by atoms with E-state index in [1.807, 2.05) is 0 Å². The van der Waals surface area contributed by atoms with Crippen molar-refractivity contribution in [2.24, 2.45) is 0 Å². The lowest BCUT2D eigenvalue weighted by Crippen LogP contribution is -2.38. The van der Waals surface area contributed by atoms with E-state index in [-0.39, 0.29) is 17.4 Å². The number of methoxy groups -OCH3 is 1. The van der Waals surface area contributed by atoms with Crippen LogP contribution in [0.1, 0.15) is 23.4 Å². The third-order valence-corrected chi connectivity index (χ3v) is 5.66. The maximum atomic E-state index is 12.3. The molecule has 1 aliphatic rings. The fourth-order valence-corrected chi connectivity index (χ4v) is 4.27. The van der Waals surface area contributed by atoms with Gasteiger partial charge in [0.2, 0.25) is 10.0 Å². The molecule has 1 N–H and O–H groups in total. The Hall–Kier alpha value is -2.48. The molecule has 1 amide bonds. The minimum absolute atomic E-state index is 0.132. The first-order valence-electron chi connectivity index (χ1n) is 7.54. The summed E-state index contributed by atoms with van der Waals surface area (Å²) in [4.78, 5) is 12.0. The van der Waals surface area contributed by atoms with Gasteiger partial charge in [0.25, 0.3) is 5.91 Å². The van der Waals surface area contributed by atoms with Gasteiger partial charge in [-0.1, -0.05) is 0 Å². The molecular formula is C16H18N2O5S. The monoisotopic (exact) mass is 350 g/mol. The number of amides is 1. The number of carbonyl (C=O) groups excluding carboxylic acids is 1. The van der Waals surface area contributed by atoms with Crippen molar-refractivity contribution in [1.82, 2.24) is 0 Å². The number of ether oxygens (including phenoxy) is 1. The molecule has 0 saturated carbocycles. The van der Waals surface area contributed by atoms with Crippen LogP contribution < -0.4 is 14.4 Å². The van der Waals surface area contributed by atoms with E-state index in [2.05, 4.69) is 5.32 Å². The number of benzene rings is 1. The molecule has 8 heteroatoms. The van der Waals surface area contributed by atoms with Crippen LogP contribution in [-0.4, -0.2) is 33.7 Å². The second-order valence-electron chi connectivity index (χ2n) is 5.41. The molecule has 0 unspecified atom stereocenters. The minimum atomic E-state index is -3.33. The number of hydrogen-bond donors (Lipinski definition) is 1. The number of nitrogens with zero attached hydrogens (tertiary/aromatic N) is 1. The maximum absolute atomic E-state index is 12.3. The van der Waals surface area contributed by atoms with Crippen molar-refractivity contribution in [3.63, 3.8) is 0 Å². The molecule has 0 bridgehead atoms. The van der Waals surface area contributed by atoms with Crippen molar-refractivity contribution in [3.8, 4) is 5.75 Å². The normalized spacial score (nSPS) is 16.6. The summed E-state index contributed by atoms with van der Waals surface area (Å²) in [5.74, 6) is 0.322. The highest BCUT2D eigenvalue weighted by molar-refractivity contribution is 7.92. The Morgan fingerprint density at radius 2 is 2.12 bits per heavy atom. The summed E-state index contributed by atoms with van der Waals surface area (Å²) in [7, 11) is -1.86. The summed E-state index contributed by atoms with van der Waals surface area (Å²) in [6.45, 7) is 0.427. The largest absolute Gasteiger partial charge is 0.494 e. The molecule has 128 valence electrons. The predicted molar refractivity (Wildman–Crippen MR) is 90.0 cm³/mol. The van der Waals surface area contributed by atoms with Crippen LogP contribution in [0, 0.1) is 0 Å². The van der Waals surface area contributed by atoms with Gasteiger partial charge in [-0.05, 0) is 37.1 Å². The van der Waals surface area contributed by atoms with E-state index in [1.165, 1.54) is 17.7 Å². The van der Waals surface area contributed by atoms with E-state index in [1.54, 1.807) is 30.3 Å². The summed E-state index contributed by atoms with van der Waals surface area (Å²) >= 11 is 0. The summed E-state index contributed by atoms with van der Waals surface area (Å²) in [6.07, 6.45) is 2.89. The zero-order valence-electron chi connectivity index (χ0n) is 13.2. The first kappa shape index (κ1) is 16.4. The van der Waals surface area contributed by atoms with Gasteiger partial charge in [-0.3, -0.25) is 9.10 Å². The number of furan rings is 1. The van der Waals surface area contributed by atoms with Crippen molar-refractivity contribution in [2.45, 2.75) is 12.8 Å². The molecule has 0 radical (unpaired) electrons. The number of carbonyl (C=O) groups is 1. The third kappa shape index (κ3) is 3.23. The second kappa shape index (κ2) is 6.56. The molecule has 1 aromatic heterocycles. The van der Waals surface area contributed by atoms with Gasteiger partial charge in [0.05, 0.1) is 24.8 Å². The highest BCUT2D eigenvalue weighted by atomic mass is 32.2. The van der Waals surface area contributed by atoms with Crippen LogP contribution in [0.25, 0.3) is 0 Å². The lowest BCUT2D eigenvalue weighted by molar-refractivity contribution is 0.0996. The van der Waals surface area contributed by atoms with Crippen molar-refractivity contribution < 1.29 is 22.4 Å². The van der Waals surface area contributed by atoms with Gasteiger partial charge in [0.1, 0.15) is 5.75 Å². The Bertz CT molecular complexity index is 830. The Balaban J connectivity index is 1.87. The summed E-state index contributed by atoms with van der Waals surface area (Å²) in [6, 6.07) is 8.06. The zero-order valence-corrected chi connectivity index (χ0v) is 14.0. The quantitative estimate of drug-likeness (QED) is 0.915. The molecule has 0 aliphatic carbocycles. The predicted octanol–water partition coefficient (Wildman–Crippen LogP) is 2.47. The Morgan fingerprint density at radius 1 is 1.29 bits per heavy atom. The molecule has 1 fully saturated rings. The van der Waals surface area contributed by atoms with E-state index in [4.69, 9.17) is 9.15 Å². The van der Waals surface area contributed by atoms with Crippen LogP contribution >= 0.6 is 0 Å². The maximum Gasteiger partial charge on any atom is 0.291 e. The lowest BCUT2D eigenvalue weighted by Gasteiger charge is -2.29. The zero-order chi connectivity index (χ0) is 17.2. The van der Waals surface area contributed by atoms with Crippen LogP contribution in [0.2, 0.25) is 0 Å². The third-order valence-electron chi connectivity index (χ3n) is 3.80. The fourth-order valence-electron chi connectivity index (χ4n) is 2.62. The summed E-state index contributed by atoms with van der Waals surface area (Å²) < 4.78 is 36.2. The molecule has 0 atom stereocenters. The molecule has 3 rings (SSSR count). The summed E-state index contributed by atoms with van der Waals surface area (Å²) in [5, 5.41) is 2.69. The van der Waals surface area contributed by atoms with Crippen LogP contribution in [0.4, 0.5) is 11.4 Å². The van der Waals surface area contributed by atoms with Crippen LogP contribution in [0.5, 0.6) is 5.75 Å². The fraction of sp³-hybridized carbons (Fsp3) is 0.312. The number of anilines is 2. The Labute approximate surface area is 140 Å². The first-order valence-corrected chi connectivity index (χ1v) is 9.15. The highest BCUT2D eigenvalue weighted by Gasteiger charge is 2.28. The second-order valence-corrected chi connectivity index (χ2v) is 7.43. The van der Waals surface area contributed by atoms with E-state index in [0.717, 1.165) is 6.42 Å². The average Bonchev–Trinajstić information content (AvgIpc) is 3.09. The Morgan fingerprint density at radius 3 is 2.79 bits per heavy atom. The van der Waals surface area contributed by atoms with E-state index < -0.39 is 10.0 Å². The topological polar surface area (TPSA) is 88.8 Å². The Kier molecular flexibility index (Phi) is 4.48. The lowest BCUT2D eigenvalue weighted by atomic mass is 10.2. The van der Waals surface area contributed by atoms with Crippen LogP contribution in [0.3, 0.4) is 0 Å². The standard InChI is InChI=1S/C16H18N2O5S/c1-22-15-11-12(17-16(19)14-5-4-9-23-14)6-7-13(15)18-8-2-3-10-24(18,20)21/h4-7,9,11H,2-3,8,10H2,1H3,(H,17,19). The van der Waals surface area contributed by atoms with Gasteiger partial charge < -0.3 is 14.5 Å². The van der Waals surface area contributed by atoms with Gasteiger partial charge in [-0.2, -0.15) is 0 Å². The van der Waals surface area contributed by atoms with Gasteiger partial charge in [0.15, 0.2) is 5.76 Å². The van der Waals surface area contributed by atoms with Crippen molar-refractivity contribution in [3.05, 3.63) is 42.4 Å². The van der Waals surface area contributed by atoms with E-state index in [0.29, 0.717) is 30.1 Å². The van der Waals surface area contributed by atoms with E-state index >= 15 is 0 Å². The van der Waals surface area contributed by atoms with Crippen LogP contribution in [-0.2, 0) is 10.0 Å². The molecule has 2 aromatic rings. The number of rotatable bonds is 4. The van der Waals surface area contributed by atoms with Gasteiger partial charge in [-0.25, -0.2) is 8.42 Å². The molecule has 1 aromatic carbocycles. The first-order chi connectivity index (χ1) is 11.5. The summed E-state index contributed by atoms with van der Waals surface area (Å²) in [5.41, 5.74) is 0.972. The molecule has 7 nitrogen and oxygen atoms in total. The highest BCUT2D eigenvalue weighted by Crippen LogP contribution is 2.34. The number of hydrogen-bond acceptors (Lipinski definition) is 5. The van der Waals surface area contributed by atoms with Crippen molar-refractivity contribution in [1.29, 1.82) is 0 Å². The number of nitrogens with one attached hydrogen (secondary N) is 1. The van der Waals surface area contributed by atoms with Gasteiger partial charge in [-0.15, -0.1) is 0 Å². The minimum Gasteiger partial charge on any atom is -0.494 e. The van der Waals surface area contributed by atoms with Crippen LogP contribution in [0.15, 0.2) is 41.0 Å². The van der Waals surface area contributed by atoms with Gasteiger partial charge in [0, 0.05) is 18.3 Å². The molecule has 2 heterocycles. The molecule has 1 aliphatic heterocycles. The SMILES string of the molecule is COc1cc(NC(=O)c2ccco2)ccc1N1CCCCS1(=O)=O. The molecule has 24 heavy (non-hydrogen) atoms. The molecule has 0 spiro atoms. The van der Waals surface area contributed by atoms with Crippen molar-refractivity contribution >= 4 is 27.3 Å². The van der Waals surface area contributed by atoms with E-state index in [9.17, 15) is 13.2 Å². The van der Waals surface area contributed by atoms with Crippen molar-refractivity contribution in [2.75, 3.05) is 29.0 Å². The average molecular weight is 350 g/mol.